The average molecular weight is 519 g/mol. The van der Waals surface area contributed by atoms with Crippen molar-refractivity contribution >= 4 is 17.6 Å². The van der Waals surface area contributed by atoms with Crippen molar-refractivity contribution in [1.29, 1.82) is 5.26 Å². The van der Waals surface area contributed by atoms with E-state index < -0.39 is 22.8 Å². The van der Waals surface area contributed by atoms with Crippen LogP contribution in [0, 0.1) is 21.4 Å². The predicted octanol–water partition coefficient (Wildman–Crippen LogP) is 3.96. The molecule has 2 aromatic rings. The second-order valence-corrected chi connectivity index (χ2v) is 8.89. The maximum atomic E-state index is 13.4. The van der Waals surface area contributed by atoms with Crippen LogP contribution in [0.3, 0.4) is 0 Å². The largest absolute Gasteiger partial charge is 0.461 e. The van der Waals surface area contributed by atoms with Gasteiger partial charge in [-0.05, 0) is 32.0 Å². The molecule has 0 amide bonds. The number of allylic oxidation sites excluding steroid dienone is 2. The zero-order chi connectivity index (χ0) is 27.7. The molecule has 1 N–H and O–H groups in total. The van der Waals surface area contributed by atoms with Gasteiger partial charge in [0, 0.05) is 36.6 Å². The number of nitriles is 1. The van der Waals surface area contributed by atoms with Crippen molar-refractivity contribution in [1.82, 2.24) is 10.2 Å². The molecule has 0 saturated heterocycles. The van der Waals surface area contributed by atoms with E-state index in [-0.39, 0.29) is 36.5 Å². The highest BCUT2D eigenvalue weighted by Gasteiger charge is 2.38. The summed E-state index contributed by atoms with van der Waals surface area (Å²) in [5.41, 5.74) is 2.53. The van der Waals surface area contributed by atoms with Gasteiger partial charge in [0.05, 0.1) is 34.5 Å². The third-order valence-corrected chi connectivity index (χ3v) is 6.06. The monoisotopic (exact) mass is 518 g/mol. The second kappa shape index (κ2) is 13.2. The number of nitrogens with zero attached hydrogens (tertiary/aromatic N) is 3. The fraction of sp³-hybridized carbons (Fsp3) is 0.321. The summed E-state index contributed by atoms with van der Waals surface area (Å²) in [5, 5.41) is 23.3. The lowest BCUT2D eigenvalue weighted by atomic mass is 9.80. The molecule has 1 aliphatic rings. The van der Waals surface area contributed by atoms with E-state index in [1.165, 1.54) is 18.2 Å². The summed E-state index contributed by atoms with van der Waals surface area (Å²) in [4.78, 5) is 39.4. The van der Waals surface area contributed by atoms with Crippen LogP contribution in [0.1, 0.15) is 37.3 Å². The average Bonchev–Trinajstić information content (AvgIpc) is 2.88. The number of carbonyl (C=O) groups is 2. The molecule has 0 saturated carbocycles. The number of hydrogen-bond donors (Lipinski definition) is 1. The zero-order valence-corrected chi connectivity index (χ0v) is 21.6. The summed E-state index contributed by atoms with van der Waals surface area (Å²) in [6.07, 6.45) is 0.00718. The van der Waals surface area contributed by atoms with Crippen molar-refractivity contribution in [2.24, 2.45) is 0 Å². The van der Waals surface area contributed by atoms with E-state index in [1.807, 2.05) is 48.3 Å². The highest BCUT2D eigenvalue weighted by Crippen LogP contribution is 2.40. The minimum atomic E-state index is -0.958. The predicted molar refractivity (Wildman–Crippen MR) is 139 cm³/mol. The van der Waals surface area contributed by atoms with Crippen LogP contribution in [-0.4, -0.2) is 48.6 Å². The van der Waals surface area contributed by atoms with Crippen LogP contribution in [-0.2, 0) is 25.6 Å². The van der Waals surface area contributed by atoms with E-state index in [1.54, 1.807) is 19.9 Å². The maximum absolute atomic E-state index is 13.4. The summed E-state index contributed by atoms with van der Waals surface area (Å²) in [6.45, 7) is 4.48. The quantitative estimate of drug-likeness (QED) is 0.203. The topological polar surface area (TPSA) is 135 Å². The Labute approximate surface area is 221 Å². The van der Waals surface area contributed by atoms with Crippen molar-refractivity contribution < 1.29 is 24.0 Å². The Hall–Kier alpha value is -4.49. The van der Waals surface area contributed by atoms with Gasteiger partial charge in [-0.1, -0.05) is 42.5 Å². The van der Waals surface area contributed by atoms with E-state index in [9.17, 15) is 19.7 Å². The standard InChI is InChI=1S/C28H30N4O6/c1-19-24(27(33)37-15-8-13-29)26(22-11-7-12-23(17-22)32(35)36)25(20(2)30-19)28(34)38-16-14-31(3)18-21-9-5-4-6-10-21/h4-7,9-12,17,26,30H,8,14-16,18H2,1-3H3. The number of nitrogens with one attached hydrogen (secondary N) is 1. The summed E-state index contributed by atoms with van der Waals surface area (Å²) < 4.78 is 10.9. The first-order valence-electron chi connectivity index (χ1n) is 12.1. The first kappa shape index (κ1) is 28.1. The molecule has 198 valence electrons. The van der Waals surface area contributed by atoms with E-state index in [0.717, 1.165) is 5.56 Å². The van der Waals surface area contributed by atoms with Gasteiger partial charge < -0.3 is 14.8 Å². The Morgan fingerprint density at radius 2 is 1.66 bits per heavy atom. The molecule has 10 heteroatoms. The number of nitro groups is 1. The Morgan fingerprint density at radius 1 is 1.03 bits per heavy atom. The number of nitro benzene ring substituents is 1. The molecular weight excluding hydrogens is 488 g/mol. The molecule has 1 unspecified atom stereocenters. The van der Waals surface area contributed by atoms with Crippen molar-refractivity contribution in [3.63, 3.8) is 0 Å². The number of rotatable bonds is 11. The molecule has 0 spiro atoms. The zero-order valence-electron chi connectivity index (χ0n) is 21.6. The van der Waals surface area contributed by atoms with Crippen LogP contribution in [0.25, 0.3) is 0 Å². The normalized spacial score (nSPS) is 15.1. The molecule has 0 fully saturated rings. The lowest BCUT2D eigenvalue weighted by Gasteiger charge is -2.30. The Morgan fingerprint density at radius 3 is 2.26 bits per heavy atom. The minimum absolute atomic E-state index is 0.00718. The highest BCUT2D eigenvalue weighted by atomic mass is 16.6. The SMILES string of the molecule is CC1=C(C(=O)OCCC#N)C(c2cccc([N+](=O)[O-])c2)C(C(=O)OCCN(C)Cc2ccccc2)=C(C)N1. The van der Waals surface area contributed by atoms with Gasteiger partial charge in [0.25, 0.3) is 5.69 Å². The van der Waals surface area contributed by atoms with Gasteiger partial charge in [0.2, 0.25) is 0 Å². The molecular formula is C28H30N4O6. The molecule has 10 nitrogen and oxygen atoms in total. The number of hydrogen-bond acceptors (Lipinski definition) is 9. The first-order valence-corrected chi connectivity index (χ1v) is 12.1. The third-order valence-electron chi connectivity index (χ3n) is 6.06. The molecule has 0 aliphatic carbocycles. The van der Waals surface area contributed by atoms with E-state index in [0.29, 0.717) is 30.0 Å². The summed E-state index contributed by atoms with van der Waals surface area (Å²) in [6, 6.07) is 17.6. The molecule has 38 heavy (non-hydrogen) atoms. The number of carbonyl (C=O) groups excluding carboxylic acids is 2. The number of dihydropyridines is 1. The lowest BCUT2D eigenvalue weighted by Crippen LogP contribution is -2.33. The van der Waals surface area contributed by atoms with Gasteiger partial charge in [-0.15, -0.1) is 0 Å². The van der Waals surface area contributed by atoms with Crippen LogP contribution >= 0.6 is 0 Å². The summed E-state index contributed by atoms with van der Waals surface area (Å²) in [5.74, 6) is -2.32. The molecule has 1 aliphatic heterocycles. The highest BCUT2D eigenvalue weighted by molar-refractivity contribution is 6.00. The van der Waals surface area contributed by atoms with Crippen molar-refractivity contribution in [3.05, 3.63) is 98.4 Å². The second-order valence-electron chi connectivity index (χ2n) is 8.89. The number of likely N-dealkylation sites (N-methyl/N-ethyl adjacent to an activating group) is 1. The lowest BCUT2D eigenvalue weighted by molar-refractivity contribution is -0.384. The van der Waals surface area contributed by atoms with Crippen LogP contribution < -0.4 is 5.32 Å². The van der Waals surface area contributed by atoms with Crippen molar-refractivity contribution in [3.8, 4) is 6.07 Å². The van der Waals surface area contributed by atoms with Gasteiger partial charge >= 0.3 is 11.9 Å². The van der Waals surface area contributed by atoms with Crippen LogP contribution in [0.2, 0.25) is 0 Å². The molecule has 2 aromatic carbocycles. The third kappa shape index (κ3) is 7.05. The number of esters is 2. The number of non-ortho nitro benzene ring substituents is 1. The van der Waals surface area contributed by atoms with Crippen LogP contribution in [0.15, 0.2) is 77.1 Å². The summed E-state index contributed by atoms with van der Waals surface area (Å²) >= 11 is 0. The van der Waals surface area contributed by atoms with Gasteiger partial charge in [-0.25, -0.2) is 9.59 Å². The summed E-state index contributed by atoms with van der Waals surface area (Å²) in [7, 11) is 1.92. The van der Waals surface area contributed by atoms with Crippen LogP contribution in [0.5, 0.6) is 0 Å². The first-order chi connectivity index (χ1) is 18.2. The molecule has 1 atom stereocenters. The fourth-order valence-electron chi connectivity index (χ4n) is 4.30. The van der Waals surface area contributed by atoms with Crippen LogP contribution in [0.4, 0.5) is 5.69 Å². The maximum Gasteiger partial charge on any atom is 0.336 e. The molecule has 3 rings (SSSR count). The molecule has 0 radical (unpaired) electrons. The van der Waals surface area contributed by atoms with Gasteiger partial charge in [-0.3, -0.25) is 15.0 Å². The van der Waals surface area contributed by atoms with E-state index >= 15 is 0 Å². The van der Waals surface area contributed by atoms with E-state index in [4.69, 9.17) is 14.7 Å². The van der Waals surface area contributed by atoms with E-state index in [2.05, 4.69) is 5.32 Å². The molecule has 0 bridgehead atoms. The smallest absolute Gasteiger partial charge is 0.336 e. The number of ether oxygens (including phenoxy) is 2. The Bertz CT molecular complexity index is 1300. The van der Waals surface area contributed by atoms with Gasteiger partial charge in [-0.2, -0.15) is 5.26 Å². The minimum Gasteiger partial charge on any atom is -0.461 e. The Kier molecular flexibility index (Phi) is 9.73. The number of benzene rings is 2. The van der Waals surface area contributed by atoms with Gasteiger partial charge in [0.15, 0.2) is 0 Å². The van der Waals surface area contributed by atoms with Gasteiger partial charge in [0.1, 0.15) is 13.2 Å². The van der Waals surface area contributed by atoms with Crippen molar-refractivity contribution in [2.75, 3.05) is 26.8 Å². The molecule has 1 heterocycles. The molecule has 0 aromatic heterocycles. The van der Waals surface area contributed by atoms with Crippen molar-refractivity contribution in [2.45, 2.75) is 32.7 Å². The fourth-order valence-corrected chi connectivity index (χ4v) is 4.30. The Balaban J connectivity index is 1.86.